The molecule has 26 heavy (non-hydrogen) atoms. The first-order valence-corrected chi connectivity index (χ1v) is 8.67. The minimum absolute atomic E-state index is 0.0690. The molecular formula is C16H17F3N2O4S. The lowest BCUT2D eigenvalue weighted by atomic mass is 10.0. The lowest BCUT2D eigenvalue weighted by Crippen LogP contribution is -2.49. The Kier molecular flexibility index (Phi) is 5.09. The average Bonchev–Trinajstić information content (AvgIpc) is 3.20. The third kappa shape index (κ3) is 3.49. The SMILES string of the molecule is CO[C@H]1CCN(C(=O)c2ccc(-c3noc(C(F)(F)F)c3C)s2)C[C@H]1O. The van der Waals surface area contributed by atoms with Gasteiger partial charge in [-0.3, -0.25) is 4.79 Å². The highest BCUT2D eigenvalue weighted by molar-refractivity contribution is 7.17. The van der Waals surface area contributed by atoms with Crippen LogP contribution in [0, 0.1) is 6.92 Å². The minimum Gasteiger partial charge on any atom is -0.389 e. The van der Waals surface area contributed by atoms with Crippen molar-refractivity contribution in [2.75, 3.05) is 20.2 Å². The number of rotatable bonds is 3. The van der Waals surface area contributed by atoms with E-state index in [9.17, 15) is 23.1 Å². The standard InChI is InChI=1S/C16H17F3N2O4S/c1-8-13(20-25-14(8)16(17,18)19)11-3-4-12(26-11)15(23)21-6-5-10(24-2)9(22)7-21/h3-4,9-10,22H,5-7H2,1-2H3/t9-,10+/m1/s1. The molecule has 3 heterocycles. The van der Waals surface area contributed by atoms with Crippen molar-refractivity contribution < 1.29 is 32.3 Å². The van der Waals surface area contributed by atoms with Crippen LogP contribution in [0.25, 0.3) is 10.6 Å². The quantitative estimate of drug-likeness (QED) is 0.872. The minimum atomic E-state index is -4.62. The number of hydrogen-bond acceptors (Lipinski definition) is 6. The van der Waals surface area contributed by atoms with Crippen LogP contribution in [-0.2, 0) is 10.9 Å². The van der Waals surface area contributed by atoms with Gasteiger partial charge in [0, 0.05) is 25.8 Å². The second kappa shape index (κ2) is 7.01. The number of carbonyl (C=O) groups is 1. The predicted molar refractivity (Wildman–Crippen MR) is 86.9 cm³/mol. The molecule has 0 bridgehead atoms. The van der Waals surface area contributed by atoms with Gasteiger partial charge in [0.05, 0.1) is 22.0 Å². The Balaban J connectivity index is 1.78. The fourth-order valence-corrected chi connectivity index (χ4v) is 3.95. The number of ether oxygens (including phenoxy) is 1. The topological polar surface area (TPSA) is 75.8 Å². The second-order valence-electron chi connectivity index (χ2n) is 6.03. The van der Waals surface area contributed by atoms with E-state index in [1.54, 1.807) is 12.1 Å². The molecule has 1 fully saturated rings. The van der Waals surface area contributed by atoms with E-state index in [1.807, 2.05) is 0 Å². The lowest BCUT2D eigenvalue weighted by molar-refractivity contribution is -0.156. The summed E-state index contributed by atoms with van der Waals surface area (Å²) < 4.78 is 48.1. The molecule has 1 N–H and O–H groups in total. The van der Waals surface area contributed by atoms with Gasteiger partial charge in [0.15, 0.2) is 0 Å². The van der Waals surface area contributed by atoms with Gasteiger partial charge < -0.3 is 19.3 Å². The number of likely N-dealkylation sites (tertiary alicyclic amines) is 1. The molecule has 2 aromatic rings. The summed E-state index contributed by atoms with van der Waals surface area (Å²) in [5.41, 5.74) is -0.0471. The molecule has 3 rings (SSSR count). The van der Waals surface area contributed by atoms with E-state index in [-0.39, 0.29) is 29.8 Å². The number of amides is 1. The largest absolute Gasteiger partial charge is 0.452 e. The van der Waals surface area contributed by atoms with Crippen molar-refractivity contribution in [3.8, 4) is 10.6 Å². The van der Waals surface area contributed by atoms with Crippen LogP contribution in [0.2, 0.25) is 0 Å². The number of methoxy groups -OCH3 is 1. The van der Waals surface area contributed by atoms with Gasteiger partial charge in [-0.1, -0.05) is 5.16 Å². The Morgan fingerprint density at radius 1 is 1.46 bits per heavy atom. The van der Waals surface area contributed by atoms with Gasteiger partial charge in [-0.15, -0.1) is 11.3 Å². The van der Waals surface area contributed by atoms with Gasteiger partial charge in [0.1, 0.15) is 5.69 Å². The zero-order valence-corrected chi connectivity index (χ0v) is 14.9. The third-order valence-corrected chi connectivity index (χ3v) is 5.42. The zero-order valence-electron chi connectivity index (χ0n) is 14.0. The molecule has 0 saturated carbocycles. The van der Waals surface area contributed by atoms with Gasteiger partial charge in [0.25, 0.3) is 5.91 Å². The van der Waals surface area contributed by atoms with E-state index >= 15 is 0 Å². The molecule has 2 atom stereocenters. The number of β-amino-alcohol motifs (C(OH)–C–C–N with tert-alkyl or cyclic N) is 1. The molecule has 0 spiro atoms. The van der Waals surface area contributed by atoms with Crippen molar-refractivity contribution in [1.82, 2.24) is 10.1 Å². The summed E-state index contributed by atoms with van der Waals surface area (Å²) in [7, 11) is 1.51. The van der Waals surface area contributed by atoms with E-state index in [4.69, 9.17) is 4.74 Å². The summed E-state index contributed by atoms with van der Waals surface area (Å²) in [5.74, 6) is -1.43. The molecule has 6 nitrogen and oxygen atoms in total. The number of alkyl halides is 3. The number of thiophene rings is 1. The maximum atomic E-state index is 12.8. The molecule has 0 unspecified atom stereocenters. The number of nitrogens with zero attached hydrogens (tertiary/aromatic N) is 2. The van der Waals surface area contributed by atoms with Crippen LogP contribution in [0.5, 0.6) is 0 Å². The summed E-state index contributed by atoms with van der Waals surface area (Å²) in [5, 5.41) is 13.5. The molecule has 0 aliphatic carbocycles. The number of aliphatic hydroxyl groups is 1. The van der Waals surface area contributed by atoms with Crippen molar-refractivity contribution >= 4 is 17.2 Å². The first-order chi connectivity index (χ1) is 12.2. The van der Waals surface area contributed by atoms with Gasteiger partial charge in [0.2, 0.25) is 5.76 Å². The predicted octanol–water partition coefficient (Wildman–Crippen LogP) is 2.95. The molecule has 1 saturated heterocycles. The highest BCUT2D eigenvalue weighted by Gasteiger charge is 2.39. The second-order valence-corrected chi connectivity index (χ2v) is 7.11. The third-order valence-electron chi connectivity index (χ3n) is 4.34. The van der Waals surface area contributed by atoms with E-state index in [2.05, 4.69) is 9.68 Å². The van der Waals surface area contributed by atoms with Crippen LogP contribution in [0.15, 0.2) is 16.7 Å². The highest BCUT2D eigenvalue weighted by Crippen LogP contribution is 2.38. The number of piperidine rings is 1. The molecule has 1 aliphatic heterocycles. The number of aliphatic hydroxyl groups excluding tert-OH is 1. The summed E-state index contributed by atoms with van der Waals surface area (Å²) in [6, 6.07) is 3.08. The number of hydrogen-bond donors (Lipinski definition) is 1. The number of aromatic nitrogens is 1. The van der Waals surface area contributed by atoms with E-state index in [1.165, 1.54) is 18.9 Å². The molecule has 1 amide bonds. The maximum absolute atomic E-state index is 12.8. The van der Waals surface area contributed by atoms with Gasteiger partial charge >= 0.3 is 6.18 Å². The fourth-order valence-electron chi connectivity index (χ4n) is 2.94. The first-order valence-electron chi connectivity index (χ1n) is 7.86. The van der Waals surface area contributed by atoms with Crippen molar-refractivity contribution in [2.24, 2.45) is 0 Å². The Morgan fingerprint density at radius 3 is 2.77 bits per heavy atom. The number of halogens is 3. The average molecular weight is 390 g/mol. The normalized spacial score (nSPS) is 21.2. The fraction of sp³-hybridized carbons (Fsp3) is 0.500. The summed E-state index contributed by atoms with van der Waals surface area (Å²) in [4.78, 5) is 14.9. The maximum Gasteiger partial charge on any atom is 0.452 e. The summed E-state index contributed by atoms with van der Waals surface area (Å²) in [6.45, 7) is 1.86. The first kappa shape index (κ1) is 18.9. The molecule has 142 valence electrons. The molecule has 1 aliphatic rings. The van der Waals surface area contributed by atoms with Crippen molar-refractivity contribution in [3.63, 3.8) is 0 Å². The van der Waals surface area contributed by atoms with Crippen LogP contribution >= 0.6 is 11.3 Å². The van der Waals surface area contributed by atoms with Crippen molar-refractivity contribution in [2.45, 2.75) is 31.7 Å². The Bertz CT molecular complexity index is 802. The Hall–Kier alpha value is -1.91. The lowest BCUT2D eigenvalue weighted by Gasteiger charge is -2.34. The summed E-state index contributed by atoms with van der Waals surface area (Å²) >= 11 is 1.04. The monoisotopic (exact) mass is 390 g/mol. The van der Waals surface area contributed by atoms with Crippen LogP contribution in [-0.4, -0.2) is 53.5 Å². The van der Waals surface area contributed by atoms with Crippen LogP contribution < -0.4 is 0 Å². The van der Waals surface area contributed by atoms with E-state index in [0.717, 1.165) is 11.3 Å². The number of carbonyl (C=O) groups excluding carboxylic acids is 1. The highest BCUT2D eigenvalue weighted by atomic mass is 32.1. The smallest absolute Gasteiger partial charge is 0.389 e. The zero-order chi connectivity index (χ0) is 19.1. The van der Waals surface area contributed by atoms with Gasteiger partial charge in [-0.05, 0) is 25.5 Å². The van der Waals surface area contributed by atoms with Crippen LogP contribution in [0.1, 0.15) is 27.4 Å². The van der Waals surface area contributed by atoms with Crippen LogP contribution in [0.3, 0.4) is 0 Å². The van der Waals surface area contributed by atoms with Gasteiger partial charge in [-0.2, -0.15) is 13.2 Å². The van der Waals surface area contributed by atoms with Crippen molar-refractivity contribution in [3.05, 3.63) is 28.3 Å². The molecule has 10 heteroatoms. The molecule has 2 aromatic heterocycles. The van der Waals surface area contributed by atoms with Gasteiger partial charge in [-0.25, -0.2) is 0 Å². The van der Waals surface area contributed by atoms with E-state index < -0.39 is 18.0 Å². The van der Waals surface area contributed by atoms with E-state index in [0.29, 0.717) is 22.7 Å². The van der Waals surface area contributed by atoms with Crippen molar-refractivity contribution in [1.29, 1.82) is 0 Å². The molecular weight excluding hydrogens is 373 g/mol. The Morgan fingerprint density at radius 2 is 2.19 bits per heavy atom. The molecule has 0 radical (unpaired) electrons. The summed E-state index contributed by atoms with van der Waals surface area (Å²) in [6.07, 6.45) is -5.19. The molecule has 0 aromatic carbocycles. The Labute approximate surface area is 151 Å². The van der Waals surface area contributed by atoms with Crippen LogP contribution in [0.4, 0.5) is 13.2 Å².